The van der Waals surface area contributed by atoms with Gasteiger partial charge < -0.3 is 13.9 Å². The number of aryl methyl sites for hydroxylation is 1. The Hall–Kier alpha value is -1.76. The molecule has 144 valence electrons. The molecule has 6 rings (SSSR count). The van der Waals surface area contributed by atoms with Gasteiger partial charge in [0.05, 0.1) is 18.6 Å². The summed E-state index contributed by atoms with van der Waals surface area (Å²) >= 11 is 1.47. The van der Waals surface area contributed by atoms with Gasteiger partial charge in [0.25, 0.3) is 0 Å². The maximum absolute atomic E-state index is 13.4. The molecule has 4 aliphatic carbocycles. The molecule has 0 atom stereocenters. The third-order valence-corrected chi connectivity index (χ3v) is 7.79. The molecule has 2 aromatic rings. The van der Waals surface area contributed by atoms with Gasteiger partial charge in [-0.3, -0.25) is 4.79 Å². The molecular weight excluding hydrogens is 360 g/mol. The molecule has 0 saturated heterocycles. The van der Waals surface area contributed by atoms with Gasteiger partial charge in [0.1, 0.15) is 12.1 Å². The highest BCUT2D eigenvalue weighted by Crippen LogP contribution is 2.58. The van der Waals surface area contributed by atoms with Crippen LogP contribution in [0.2, 0.25) is 0 Å². The normalized spacial score (nSPS) is 31.4. The van der Waals surface area contributed by atoms with Gasteiger partial charge in [0.15, 0.2) is 5.16 Å². The Morgan fingerprint density at radius 3 is 2.56 bits per heavy atom. The lowest BCUT2D eigenvalue weighted by Crippen LogP contribution is -2.61. The van der Waals surface area contributed by atoms with Crippen molar-refractivity contribution in [1.29, 1.82) is 0 Å². The van der Waals surface area contributed by atoms with E-state index in [0.717, 1.165) is 28.7 Å². The molecule has 0 aromatic carbocycles. The average molecular weight is 387 g/mol. The van der Waals surface area contributed by atoms with Crippen molar-refractivity contribution in [2.75, 3.05) is 5.75 Å². The summed E-state index contributed by atoms with van der Waals surface area (Å²) in [4.78, 5) is 15.6. The maximum atomic E-state index is 13.4. The van der Waals surface area contributed by atoms with Crippen LogP contribution in [0.15, 0.2) is 34.3 Å². The van der Waals surface area contributed by atoms with Crippen LogP contribution in [0.4, 0.5) is 0 Å². The van der Waals surface area contributed by atoms with Crippen molar-refractivity contribution >= 4 is 17.7 Å². The third kappa shape index (κ3) is 3.20. The van der Waals surface area contributed by atoms with E-state index in [4.69, 9.17) is 4.42 Å². The molecule has 7 heteroatoms. The average Bonchev–Trinajstić information content (AvgIpc) is 3.28. The highest BCUT2D eigenvalue weighted by molar-refractivity contribution is 7.99. The predicted octanol–water partition coefficient (Wildman–Crippen LogP) is 3.50. The molecule has 1 amide bonds. The van der Waals surface area contributed by atoms with Crippen molar-refractivity contribution < 1.29 is 9.21 Å². The van der Waals surface area contributed by atoms with Crippen LogP contribution in [-0.4, -0.2) is 36.9 Å². The van der Waals surface area contributed by atoms with Gasteiger partial charge in [-0.2, -0.15) is 0 Å². The summed E-state index contributed by atoms with van der Waals surface area (Å²) in [5.74, 6) is 3.87. The second-order valence-corrected chi connectivity index (χ2v) is 9.66. The summed E-state index contributed by atoms with van der Waals surface area (Å²) in [5.41, 5.74) is 0.0269. The number of carbonyl (C=O) groups excluding carboxylic acids is 1. The van der Waals surface area contributed by atoms with E-state index in [1.165, 1.54) is 50.3 Å². The molecule has 4 aliphatic rings. The maximum Gasteiger partial charge on any atom is 0.233 e. The second-order valence-electron chi connectivity index (χ2n) is 8.71. The van der Waals surface area contributed by atoms with Crippen molar-refractivity contribution in [3.05, 3.63) is 30.5 Å². The minimum absolute atomic E-state index is 0.0269. The Morgan fingerprint density at radius 1 is 1.30 bits per heavy atom. The van der Waals surface area contributed by atoms with Gasteiger partial charge in [0.2, 0.25) is 5.91 Å². The molecule has 0 aliphatic heterocycles. The monoisotopic (exact) mass is 386 g/mol. The van der Waals surface area contributed by atoms with Crippen molar-refractivity contribution in [2.24, 2.45) is 24.8 Å². The first-order valence-electron chi connectivity index (χ1n) is 9.91. The molecule has 0 spiro atoms. The molecule has 4 bridgehead atoms. The highest BCUT2D eigenvalue weighted by Gasteiger charge is 2.54. The van der Waals surface area contributed by atoms with Gasteiger partial charge in [-0.05, 0) is 68.4 Å². The lowest BCUT2D eigenvalue weighted by molar-refractivity contribution is -0.150. The molecule has 0 unspecified atom stereocenters. The zero-order valence-corrected chi connectivity index (χ0v) is 16.5. The lowest BCUT2D eigenvalue weighted by Gasteiger charge is -2.60. The van der Waals surface area contributed by atoms with Crippen LogP contribution < -0.4 is 0 Å². The molecule has 4 saturated carbocycles. The molecule has 27 heavy (non-hydrogen) atoms. The van der Waals surface area contributed by atoms with Crippen LogP contribution in [-0.2, 0) is 18.4 Å². The van der Waals surface area contributed by atoms with Gasteiger partial charge in [0, 0.05) is 12.6 Å². The number of hydrogen-bond donors (Lipinski definition) is 0. The molecule has 0 radical (unpaired) electrons. The molecule has 0 N–H and O–H groups in total. The summed E-state index contributed by atoms with van der Waals surface area (Å²) in [5, 5.41) is 8.80. The largest absolute Gasteiger partial charge is 0.467 e. The number of furan rings is 1. The number of hydrogen-bond acceptors (Lipinski definition) is 5. The fraction of sp³-hybridized carbons (Fsp3) is 0.650. The van der Waals surface area contributed by atoms with E-state index >= 15 is 0 Å². The number of amides is 1. The fourth-order valence-corrected chi connectivity index (χ4v) is 6.85. The van der Waals surface area contributed by atoms with E-state index in [0.29, 0.717) is 12.3 Å². The van der Waals surface area contributed by atoms with Crippen LogP contribution in [0.3, 0.4) is 0 Å². The minimum Gasteiger partial charge on any atom is -0.467 e. The zero-order chi connectivity index (χ0) is 18.4. The second kappa shape index (κ2) is 6.69. The Kier molecular flexibility index (Phi) is 4.30. The van der Waals surface area contributed by atoms with Gasteiger partial charge >= 0.3 is 0 Å². The van der Waals surface area contributed by atoms with Crippen LogP contribution in [0.1, 0.15) is 44.3 Å². The summed E-state index contributed by atoms with van der Waals surface area (Å²) in [7, 11) is 1.91. The Bertz CT molecular complexity index is 781. The van der Waals surface area contributed by atoms with E-state index < -0.39 is 0 Å². The molecule has 6 nitrogen and oxygen atoms in total. The number of rotatable bonds is 6. The summed E-state index contributed by atoms with van der Waals surface area (Å²) in [6.45, 7) is 0.581. The SMILES string of the molecule is Cn1cnnc1SCC(=O)N(Cc1ccco1)C12CC3CC(CC(C3)C1)C2. The summed E-state index contributed by atoms with van der Waals surface area (Å²) in [6.07, 6.45) is 11.0. The first-order chi connectivity index (χ1) is 13.1. The fourth-order valence-electron chi connectivity index (χ4n) is 6.08. The Morgan fingerprint density at radius 2 is 2.00 bits per heavy atom. The number of carbonyl (C=O) groups is 1. The predicted molar refractivity (Wildman–Crippen MR) is 102 cm³/mol. The van der Waals surface area contributed by atoms with Gasteiger partial charge in [-0.15, -0.1) is 10.2 Å². The number of nitrogens with zero attached hydrogens (tertiary/aromatic N) is 4. The van der Waals surface area contributed by atoms with Crippen molar-refractivity contribution in [2.45, 2.75) is 55.8 Å². The van der Waals surface area contributed by atoms with Crippen molar-refractivity contribution in [3.63, 3.8) is 0 Å². The standard InChI is InChI=1S/C20H26N4O2S/c1-23-13-21-22-19(23)27-12-18(25)24(11-17-3-2-4-26-17)20-8-14-5-15(9-20)7-16(6-14)10-20/h2-4,13-16H,5-12H2,1H3. The first kappa shape index (κ1) is 17.3. The zero-order valence-electron chi connectivity index (χ0n) is 15.7. The van der Waals surface area contributed by atoms with Crippen LogP contribution in [0, 0.1) is 17.8 Å². The first-order valence-corrected chi connectivity index (χ1v) is 10.9. The summed E-state index contributed by atoms with van der Waals surface area (Å²) < 4.78 is 7.48. The van der Waals surface area contributed by atoms with Gasteiger partial charge in [-0.25, -0.2) is 0 Å². The van der Waals surface area contributed by atoms with Crippen LogP contribution in [0.5, 0.6) is 0 Å². The minimum atomic E-state index is 0.0269. The Labute approximate surface area is 163 Å². The molecular formula is C20H26N4O2S. The van der Waals surface area contributed by atoms with Crippen LogP contribution >= 0.6 is 11.8 Å². The highest BCUT2D eigenvalue weighted by atomic mass is 32.2. The smallest absolute Gasteiger partial charge is 0.233 e. The molecule has 2 heterocycles. The van der Waals surface area contributed by atoms with Crippen LogP contribution in [0.25, 0.3) is 0 Å². The number of thioether (sulfide) groups is 1. The Balaban J connectivity index is 1.39. The van der Waals surface area contributed by atoms with Crippen molar-refractivity contribution in [1.82, 2.24) is 19.7 Å². The van der Waals surface area contributed by atoms with E-state index in [-0.39, 0.29) is 11.4 Å². The lowest BCUT2D eigenvalue weighted by atomic mass is 9.52. The topological polar surface area (TPSA) is 64.2 Å². The van der Waals surface area contributed by atoms with E-state index in [1.807, 2.05) is 23.7 Å². The van der Waals surface area contributed by atoms with Crippen molar-refractivity contribution in [3.8, 4) is 0 Å². The van der Waals surface area contributed by atoms with Gasteiger partial charge in [-0.1, -0.05) is 11.8 Å². The quantitative estimate of drug-likeness (QED) is 0.711. The summed E-state index contributed by atoms with van der Waals surface area (Å²) in [6, 6.07) is 3.89. The third-order valence-electron chi connectivity index (χ3n) is 6.77. The number of aromatic nitrogens is 3. The van der Waals surface area contributed by atoms with E-state index in [1.54, 1.807) is 12.6 Å². The molecule has 4 fully saturated rings. The molecule has 2 aromatic heterocycles. The van der Waals surface area contributed by atoms with E-state index in [2.05, 4.69) is 15.1 Å². The van der Waals surface area contributed by atoms with E-state index in [9.17, 15) is 4.79 Å².